The van der Waals surface area contributed by atoms with Gasteiger partial charge in [0.15, 0.2) is 0 Å². The number of likely N-dealkylation sites (N-methyl/N-ethyl adjacent to an activating group) is 1. The summed E-state index contributed by atoms with van der Waals surface area (Å²) in [5, 5.41) is 9.65. The minimum atomic E-state index is -4.17. The van der Waals surface area contributed by atoms with Gasteiger partial charge in [-0.1, -0.05) is 18.2 Å². The molecule has 2 aromatic carbocycles. The Morgan fingerprint density at radius 3 is 2.00 bits per heavy atom. The maximum atomic E-state index is 13.0. The molecule has 0 aromatic heterocycles. The molecule has 3 rings (SSSR count). The van der Waals surface area contributed by atoms with Crippen LogP contribution in [0.1, 0.15) is 20.3 Å². The largest absolute Gasteiger partial charge is 0.480 e. The number of ether oxygens (including phenoxy) is 1. The summed E-state index contributed by atoms with van der Waals surface area (Å²) in [6.45, 7) is 2.82. The second-order valence-electron chi connectivity index (χ2n) is 7.56. The zero-order chi connectivity index (χ0) is 24.3. The molecule has 0 saturated carbocycles. The lowest BCUT2D eigenvalue weighted by Crippen LogP contribution is -2.45. The summed E-state index contributed by atoms with van der Waals surface area (Å²) in [5.41, 5.74) is 0.594. The van der Waals surface area contributed by atoms with Crippen LogP contribution in [0.15, 0.2) is 70.6 Å². The Bertz CT molecular complexity index is 1180. The Morgan fingerprint density at radius 1 is 0.970 bits per heavy atom. The van der Waals surface area contributed by atoms with E-state index < -0.39 is 33.8 Å². The highest BCUT2D eigenvalue weighted by molar-refractivity contribution is 7.89. The molecular formula is C23H24N2O7S. The predicted octanol–water partition coefficient (Wildman–Crippen LogP) is 2.65. The van der Waals surface area contributed by atoms with Gasteiger partial charge in [0.1, 0.15) is 17.5 Å². The van der Waals surface area contributed by atoms with Crippen molar-refractivity contribution in [2.75, 3.05) is 13.6 Å². The molecule has 9 nitrogen and oxygen atoms in total. The molecule has 0 aliphatic carbocycles. The molecule has 0 bridgehead atoms. The third kappa shape index (κ3) is 4.96. The summed E-state index contributed by atoms with van der Waals surface area (Å²) in [5.74, 6) is -1.38. The van der Waals surface area contributed by atoms with Crippen molar-refractivity contribution < 1.29 is 32.6 Å². The van der Waals surface area contributed by atoms with Gasteiger partial charge in [0, 0.05) is 24.7 Å². The van der Waals surface area contributed by atoms with Crippen LogP contribution in [-0.2, 0) is 24.4 Å². The first-order valence-corrected chi connectivity index (χ1v) is 11.6. The molecule has 1 unspecified atom stereocenters. The summed E-state index contributed by atoms with van der Waals surface area (Å²) in [7, 11) is -3.01. The molecule has 0 saturated heterocycles. The average molecular weight is 473 g/mol. The summed E-state index contributed by atoms with van der Waals surface area (Å²) in [6.07, 6.45) is -0.252. The van der Waals surface area contributed by atoms with Crippen molar-refractivity contribution in [3.8, 4) is 11.5 Å². The first-order valence-electron chi connectivity index (χ1n) is 10.1. The number of amides is 2. The number of para-hydroxylation sites is 1. The van der Waals surface area contributed by atoms with E-state index >= 15 is 0 Å². The standard InChI is InChI=1S/C23H24N2O7S/c1-15-16(2)22(27)25(21(15)26)14-13-20(23(28)29)24(3)33(30,31)19-11-9-18(10-12-19)32-17-7-5-4-6-8-17/h4-12,20H,13-14H2,1-3H3,(H,28,29). The molecule has 1 heterocycles. The molecular weight excluding hydrogens is 448 g/mol. The van der Waals surface area contributed by atoms with Gasteiger partial charge in [-0.05, 0) is 56.7 Å². The third-order valence-electron chi connectivity index (χ3n) is 5.52. The third-order valence-corrected chi connectivity index (χ3v) is 7.40. The summed E-state index contributed by atoms with van der Waals surface area (Å²) in [6, 6.07) is 13.1. The van der Waals surface area contributed by atoms with Crippen LogP contribution in [0.4, 0.5) is 0 Å². The van der Waals surface area contributed by atoms with Crippen molar-refractivity contribution in [2.24, 2.45) is 0 Å². The van der Waals surface area contributed by atoms with Crippen LogP contribution in [0.25, 0.3) is 0 Å². The highest BCUT2D eigenvalue weighted by atomic mass is 32.2. The second-order valence-corrected chi connectivity index (χ2v) is 9.56. The summed E-state index contributed by atoms with van der Waals surface area (Å²) >= 11 is 0. The van der Waals surface area contributed by atoms with E-state index in [1.807, 2.05) is 6.07 Å². The van der Waals surface area contributed by atoms with Crippen molar-refractivity contribution in [3.05, 3.63) is 65.7 Å². The summed E-state index contributed by atoms with van der Waals surface area (Å²) in [4.78, 5) is 37.1. The fourth-order valence-electron chi connectivity index (χ4n) is 3.37. The van der Waals surface area contributed by atoms with E-state index in [1.54, 1.807) is 24.3 Å². The van der Waals surface area contributed by atoms with Gasteiger partial charge in [0.25, 0.3) is 11.8 Å². The highest BCUT2D eigenvalue weighted by Gasteiger charge is 2.37. The van der Waals surface area contributed by atoms with Gasteiger partial charge in [-0.15, -0.1) is 0 Å². The maximum absolute atomic E-state index is 13.0. The number of carbonyl (C=O) groups excluding carboxylic acids is 2. The van der Waals surface area contributed by atoms with Crippen LogP contribution in [0.2, 0.25) is 0 Å². The van der Waals surface area contributed by atoms with E-state index in [-0.39, 0.29) is 17.9 Å². The Labute approximate surface area is 191 Å². The number of rotatable bonds is 9. The van der Waals surface area contributed by atoms with Crippen LogP contribution in [-0.4, -0.2) is 60.1 Å². The molecule has 0 fully saturated rings. The number of benzene rings is 2. The predicted molar refractivity (Wildman–Crippen MR) is 119 cm³/mol. The second kappa shape index (κ2) is 9.55. The van der Waals surface area contributed by atoms with Crippen LogP contribution < -0.4 is 4.74 Å². The van der Waals surface area contributed by atoms with Gasteiger partial charge in [-0.3, -0.25) is 19.3 Å². The lowest BCUT2D eigenvalue weighted by atomic mass is 10.2. The van der Waals surface area contributed by atoms with Crippen LogP contribution >= 0.6 is 0 Å². The molecule has 2 aromatic rings. The first kappa shape index (κ1) is 24.1. The zero-order valence-corrected chi connectivity index (χ0v) is 19.2. The number of sulfonamides is 1. The maximum Gasteiger partial charge on any atom is 0.322 e. The number of imide groups is 1. The van der Waals surface area contributed by atoms with Gasteiger partial charge in [-0.25, -0.2) is 8.42 Å². The monoisotopic (exact) mass is 472 g/mol. The van der Waals surface area contributed by atoms with Gasteiger partial charge < -0.3 is 9.84 Å². The van der Waals surface area contributed by atoms with E-state index in [0.29, 0.717) is 22.6 Å². The lowest BCUT2D eigenvalue weighted by Gasteiger charge is -2.26. The number of carboxylic acid groups (broad SMARTS) is 1. The molecule has 174 valence electrons. The van der Waals surface area contributed by atoms with Crippen LogP contribution in [0.3, 0.4) is 0 Å². The number of carbonyl (C=O) groups is 3. The molecule has 0 spiro atoms. The molecule has 1 aliphatic heterocycles. The quantitative estimate of drug-likeness (QED) is 0.557. The van der Waals surface area contributed by atoms with E-state index in [1.165, 1.54) is 38.1 Å². The Balaban J connectivity index is 1.73. The van der Waals surface area contributed by atoms with Gasteiger partial charge in [0.2, 0.25) is 10.0 Å². The minimum absolute atomic E-state index is 0.113. The molecule has 10 heteroatoms. The van der Waals surface area contributed by atoms with Gasteiger partial charge in [0.05, 0.1) is 4.90 Å². The van der Waals surface area contributed by atoms with Gasteiger partial charge in [-0.2, -0.15) is 4.31 Å². The number of hydrogen-bond donors (Lipinski definition) is 1. The molecule has 2 amide bonds. The zero-order valence-electron chi connectivity index (χ0n) is 18.4. The van der Waals surface area contributed by atoms with Crippen LogP contribution in [0.5, 0.6) is 11.5 Å². The number of nitrogens with zero attached hydrogens (tertiary/aromatic N) is 2. The first-order chi connectivity index (χ1) is 15.5. The van der Waals surface area contributed by atoms with E-state index in [9.17, 15) is 27.9 Å². The molecule has 1 N–H and O–H groups in total. The van der Waals surface area contributed by atoms with E-state index in [4.69, 9.17) is 4.74 Å². The Morgan fingerprint density at radius 2 is 1.48 bits per heavy atom. The number of aliphatic carboxylic acids is 1. The van der Waals surface area contributed by atoms with Crippen LogP contribution in [0, 0.1) is 0 Å². The average Bonchev–Trinajstić information content (AvgIpc) is 2.97. The Kier molecular flexibility index (Phi) is 6.99. The van der Waals surface area contributed by atoms with Crippen molar-refractivity contribution in [1.29, 1.82) is 0 Å². The Hall–Kier alpha value is -3.50. The fourth-order valence-corrected chi connectivity index (χ4v) is 4.71. The topological polar surface area (TPSA) is 121 Å². The SMILES string of the molecule is CC1=C(C)C(=O)N(CCC(C(=O)O)N(C)S(=O)(=O)c2ccc(Oc3ccccc3)cc2)C1=O. The highest BCUT2D eigenvalue weighted by Crippen LogP contribution is 2.26. The minimum Gasteiger partial charge on any atom is -0.480 e. The lowest BCUT2D eigenvalue weighted by molar-refractivity contribution is -0.143. The normalized spacial score (nSPS) is 15.3. The molecule has 1 atom stereocenters. The molecule has 33 heavy (non-hydrogen) atoms. The number of carboxylic acids is 1. The molecule has 1 aliphatic rings. The van der Waals surface area contributed by atoms with Gasteiger partial charge >= 0.3 is 5.97 Å². The molecule has 0 radical (unpaired) electrons. The number of hydrogen-bond acceptors (Lipinski definition) is 6. The van der Waals surface area contributed by atoms with E-state index in [2.05, 4.69) is 0 Å². The summed E-state index contributed by atoms with van der Waals surface area (Å²) < 4.78 is 32.5. The van der Waals surface area contributed by atoms with E-state index in [0.717, 1.165) is 16.3 Å². The van der Waals surface area contributed by atoms with Crippen molar-refractivity contribution in [1.82, 2.24) is 9.21 Å². The van der Waals surface area contributed by atoms with Crippen molar-refractivity contribution in [3.63, 3.8) is 0 Å². The fraction of sp³-hybridized carbons (Fsp3) is 0.261. The smallest absolute Gasteiger partial charge is 0.322 e. The van der Waals surface area contributed by atoms with Crippen molar-refractivity contribution in [2.45, 2.75) is 31.2 Å². The van der Waals surface area contributed by atoms with Crippen molar-refractivity contribution >= 4 is 27.8 Å².